The van der Waals surface area contributed by atoms with Crippen molar-refractivity contribution in [1.29, 1.82) is 0 Å². The zero-order valence-corrected chi connectivity index (χ0v) is 12.0. The summed E-state index contributed by atoms with van der Waals surface area (Å²) >= 11 is 3.33. The topological polar surface area (TPSA) is 93.5 Å². The van der Waals surface area contributed by atoms with Gasteiger partial charge in [-0.15, -0.1) is 0 Å². The highest BCUT2D eigenvalue weighted by Gasteiger charge is 2.43. The van der Waals surface area contributed by atoms with Crippen molar-refractivity contribution >= 4 is 21.9 Å². The number of halogens is 1. The minimum atomic E-state index is -0.408. The third-order valence-corrected chi connectivity index (χ3v) is 3.67. The number of ether oxygens (including phenoxy) is 3. The molecular weight excluding hydrogens is 306 g/mol. The Morgan fingerprint density at radius 2 is 2.28 bits per heavy atom. The lowest BCUT2D eigenvalue weighted by Crippen LogP contribution is -2.52. The van der Waals surface area contributed by atoms with Crippen molar-refractivity contribution in [1.82, 2.24) is 0 Å². The summed E-state index contributed by atoms with van der Waals surface area (Å²) in [5.74, 6) is -0.481. The smallest absolute Gasteiger partial charge is 0.302 e. The first-order valence-electron chi connectivity index (χ1n) is 5.51. The first-order chi connectivity index (χ1) is 8.51. The highest BCUT2D eigenvalue weighted by Crippen LogP contribution is 2.32. The Bertz CT molecular complexity index is 348. The molecule has 0 aromatic heterocycles. The lowest BCUT2D eigenvalue weighted by molar-refractivity contribution is -0.161. The number of methoxy groups -OCH3 is 1. The molecule has 18 heavy (non-hydrogen) atoms. The Morgan fingerprint density at radius 3 is 2.78 bits per heavy atom. The summed E-state index contributed by atoms with van der Waals surface area (Å²) in [4.78, 5) is 13.6. The minimum Gasteiger partial charge on any atom is -0.463 e. The second-order valence-electron chi connectivity index (χ2n) is 4.08. The van der Waals surface area contributed by atoms with E-state index in [2.05, 4.69) is 26.0 Å². The summed E-state index contributed by atoms with van der Waals surface area (Å²) in [6, 6.07) is -0.376. The van der Waals surface area contributed by atoms with Gasteiger partial charge in [0.25, 0.3) is 0 Å². The fraction of sp³-hybridized carbons (Fsp3) is 0.900. The molecule has 0 saturated carbocycles. The van der Waals surface area contributed by atoms with Crippen LogP contribution in [0.15, 0.2) is 5.11 Å². The molecule has 5 atom stereocenters. The molecule has 0 aromatic carbocycles. The van der Waals surface area contributed by atoms with E-state index >= 15 is 0 Å². The van der Waals surface area contributed by atoms with E-state index in [0.29, 0.717) is 0 Å². The van der Waals surface area contributed by atoms with Crippen LogP contribution >= 0.6 is 15.9 Å². The van der Waals surface area contributed by atoms with E-state index in [-0.39, 0.29) is 36.7 Å². The number of nitrogens with zero attached hydrogens (tertiary/aromatic N) is 3. The number of hydrogen-bond acceptors (Lipinski definition) is 5. The second kappa shape index (κ2) is 6.94. The zero-order chi connectivity index (χ0) is 13.7. The summed E-state index contributed by atoms with van der Waals surface area (Å²) in [6.07, 6.45) is -0.704. The molecule has 1 heterocycles. The summed E-state index contributed by atoms with van der Waals surface area (Å²) in [7, 11) is 1.53. The number of rotatable bonds is 4. The molecule has 0 bridgehead atoms. The summed E-state index contributed by atoms with van der Waals surface area (Å²) < 4.78 is 15.9. The van der Waals surface area contributed by atoms with E-state index in [1.165, 1.54) is 14.0 Å². The van der Waals surface area contributed by atoms with E-state index in [1.54, 1.807) is 0 Å². The fourth-order valence-corrected chi connectivity index (χ4v) is 2.72. The lowest BCUT2D eigenvalue weighted by atomic mass is 9.90. The molecule has 0 aliphatic carbocycles. The van der Waals surface area contributed by atoms with Gasteiger partial charge in [0.15, 0.2) is 0 Å². The van der Waals surface area contributed by atoms with E-state index in [9.17, 15) is 4.79 Å². The van der Waals surface area contributed by atoms with Crippen LogP contribution in [0.2, 0.25) is 0 Å². The molecule has 1 fully saturated rings. The molecule has 0 aromatic rings. The standard InChI is InChI=1S/C10H16BrN3O4/c1-5-7(4-17-6(2)15)18-10(11)9(16-3)8(5)13-14-12/h5,7-10H,4H2,1-3H3. The van der Waals surface area contributed by atoms with Crippen LogP contribution in [-0.2, 0) is 19.0 Å². The van der Waals surface area contributed by atoms with Gasteiger partial charge >= 0.3 is 5.97 Å². The molecule has 5 unspecified atom stereocenters. The van der Waals surface area contributed by atoms with Crippen LogP contribution in [0.3, 0.4) is 0 Å². The quantitative estimate of drug-likeness (QED) is 0.260. The number of carbonyl (C=O) groups is 1. The van der Waals surface area contributed by atoms with Gasteiger partial charge in [-0.2, -0.15) is 0 Å². The minimum absolute atomic E-state index is 0.112. The molecule has 102 valence electrons. The SMILES string of the molecule is COC1C(Br)OC(COC(C)=O)C(C)C1N=[N+]=[N-]. The van der Waals surface area contributed by atoms with Crippen molar-refractivity contribution in [3.05, 3.63) is 10.4 Å². The maximum Gasteiger partial charge on any atom is 0.302 e. The Balaban J connectivity index is 2.79. The number of carbonyl (C=O) groups excluding carboxylic acids is 1. The van der Waals surface area contributed by atoms with Crippen LogP contribution in [0.25, 0.3) is 10.4 Å². The van der Waals surface area contributed by atoms with E-state index in [1.807, 2.05) is 6.92 Å². The van der Waals surface area contributed by atoms with Crippen molar-refractivity contribution in [2.75, 3.05) is 13.7 Å². The third-order valence-electron chi connectivity index (χ3n) is 2.93. The van der Waals surface area contributed by atoms with Crippen molar-refractivity contribution in [2.24, 2.45) is 11.0 Å². The van der Waals surface area contributed by atoms with Gasteiger partial charge in [-0.3, -0.25) is 4.79 Å². The molecule has 0 spiro atoms. The predicted molar refractivity (Wildman–Crippen MR) is 67.1 cm³/mol. The first-order valence-corrected chi connectivity index (χ1v) is 6.42. The Hall–Kier alpha value is -0.820. The van der Waals surface area contributed by atoms with Gasteiger partial charge in [0, 0.05) is 18.9 Å². The lowest BCUT2D eigenvalue weighted by Gasteiger charge is -2.41. The van der Waals surface area contributed by atoms with Crippen LogP contribution < -0.4 is 0 Å². The molecular formula is C10H16BrN3O4. The van der Waals surface area contributed by atoms with Crippen LogP contribution in [0.1, 0.15) is 13.8 Å². The monoisotopic (exact) mass is 321 g/mol. The van der Waals surface area contributed by atoms with Gasteiger partial charge in [-0.1, -0.05) is 28.0 Å². The number of alkyl halides is 1. The van der Waals surface area contributed by atoms with Crippen LogP contribution in [-0.4, -0.2) is 42.9 Å². The fourth-order valence-electron chi connectivity index (χ4n) is 1.91. The molecule has 7 nitrogen and oxygen atoms in total. The maximum absolute atomic E-state index is 10.8. The molecule has 8 heteroatoms. The molecule has 0 amide bonds. The first kappa shape index (κ1) is 15.2. The molecule has 1 rings (SSSR count). The normalized spacial score (nSPS) is 35.7. The molecule has 1 aliphatic heterocycles. The predicted octanol–water partition coefficient (Wildman–Crippen LogP) is 2.00. The molecule has 0 N–H and O–H groups in total. The van der Waals surface area contributed by atoms with Gasteiger partial charge in [0.05, 0.1) is 12.1 Å². The van der Waals surface area contributed by atoms with Crippen molar-refractivity contribution < 1.29 is 19.0 Å². The van der Waals surface area contributed by atoms with Crippen molar-refractivity contribution in [3.8, 4) is 0 Å². The van der Waals surface area contributed by atoms with Gasteiger partial charge in [-0.25, -0.2) is 0 Å². The van der Waals surface area contributed by atoms with E-state index < -0.39 is 5.01 Å². The Kier molecular flexibility index (Phi) is 5.87. The van der Waals surface area contributed by atoms with Crippen molar-refractivity contribution in [2.45, 2.75) is 37.1 Å². The largest absolute Gasteiger partial charge is 0.463 e. The zero-order valence-electron chi connectivity index (χ0n) is 10.4. The summed E-state index contributed by atoms with van der Waals surface area (Å²) in [5.41, 5.74) is 8.60. The summed E-state index contributed by atoms with van der Waals surface area (Å²) in [6.45, 7) is 3.34. The number of azide groups is 1. The van der Waals surface area contributed by atoms with Crippen LogP contribution in [0, 0.1) is 5.92 Å². The third kappa shape index (κ3) is 3.58. The number of esters is 1. The van der Waals surface area contributed by atoms with Gasteiger partial charge in [0.1, 0.15) is 17.7 Å². The Morgan fingerprint density at radius 1 is 1.61 bits per heavy atom. The van der Waals surface area contributed by atoms with Crippen molar-refractivity contribution in [3.63, 3.8) is 0 Å². The Labute approximate surface area is 114 Å². The van der Waals surface area contributed by atoms with Gasteiger partial charge in [0.2, 0.25) is 0 Å². The summed E-state index contributed by atoms with van der Waals surface area (Å²) in [5, 5.41) is 3.34. The molecule has 0 radical (unpaired) electrons. The van der Waals surface area contributed by atoms with E-state index in [4.69, 9.17) is 19.7 Å². The highest BCUT2D eigenvalue weighted by atomic mass is 79.9. The average Bonchev–Trinajstić information content (AvgIpc) is 2.32. The van der Waals surface area contributed by atoms with Gasteiger partial charge in [-0.05, 0) is 11.4 Å². The highest BCUT2D eigenvalue weighted by molar-refractivity contribution is 9.09. The van der Waals surface area contributed by atoms with Crippen LogP contribution in [0.4, 0.5) is 0 Å². The van der Waals surface area contributed by atoms with E-state index in [0.717, 1.165) is 0 Å². The maximum atomic E-state index is 10.8. The average molecular weight is 322 g/mol. The molecule has 1 aliphatic rings. The second-order valence-corrected chi connectivity index (χ2v) is 4.99. The molecule has 1 saturated heterocycles. The number of hydrogen-bond donors (Lipinski definition) is 0. The van der Waals surface area contributed by atoms with Crippen LogP contribution in [0.5, 0.6) is 0 Å². The van der Waals surface area contributed by atoms with Gasteiger partial charge < -0.3 is 14.2 Å².